The van der Waals surface area contributed by atoms with Crippen LogP contribution >= 0.6 is 0 Å². The monoisotopic (exact) mass is 1010 g/mol. The molecule has 0 aromatic heterocycles. The van der Waals surface area contributed by atoms with Crippen LogP contribution in [0.5, 0.6) is 0 Å². The molecular weight excluding hydrogens is 901 g/mol. The zero-order valence-corrected chi connectivity index (χ0v) is 47.1. The Kier molecular flexibility index (Phi) is 56.4. The van der Waals surface area contributed by atoms with Gasteiger partial charge in [0, 0.05) is 12.8 Å². The van der Waals surface area contributed by atoms with E-state index in [0.29, 0.717) is 19.3 Å². The van der Waals surface area contributed by atoms with Gasteiger partial charge in [-0.25, -0.2) is 0 Å². The van der Waals surface area contributed by atoms with Crippen LogP contribution in [0.1, 0.15) is 252 Å². The molecule has 0 aliphatic rings. The SMILES string of the molecule is CC/C=C\C/C=C\C/C=C\C/C=C\C/C=C\CC(=O)OC(COC(=O)CCCCCCC/C=C\C/C=C\CCCCC)COC(=O)CCCCCCCCCCCCCC/C=C\C/C=C\C/C=C\C/C=C\CC. The Hall–Kier alpha value is -4.45. The summed E-state index contributed by atoms with van der Waals surface area (Å²) in [6.45, 7) is 6.29. The molecule has 6 nitrogen and oxygen atoms in total. The normalized spacial score (nSPS) is 13.1. The summed E-state index contributed by atoms with van der Waals surface area (Å²) in [7, 11) is 0. The number of esters is 3. The van der Waals surface area contributed by atoms with Gasteiger partial charge in [-0.05, 0) is 116 Å². The van der Waals surface area contributed by atoms with Gasteiger partial charge in [-0.3, -0.25) is 14.4 Å². The quantitative estimate of drug-likeness (QED) is 0.0261. The highest BCUT2D eigenvalue weighted by Gasteiger charge is 2.19. The number of carbonyl (C=O) groups excluding carboxylic acids is 3. The van der Waals surface area contributed by atoms with Crippen LogP contribution in [-0.2, 0) is 28.6 Å². The second-order valence-corrected chi connectivity index (χ2v) is 19.2. The molecule has 0 aromatic carbocycles. The van der Waals surface area contributed by atoms with Crippen molar-refractivity contribution >= 4 is 17.9 Å². The van der Waals surface area contributed by atoms with Crippen LogP contribution < -0.4 is 0 Å². The molecule has 412 valence electrons. The number of ether oxygens (including phenoxy) is 3. The lowest BCUT2D eigenvalue weighted by Gasteiger charge is -2.18. The highest BCUT2D eigenvalue weighted by Crippen LogP contribution is 2.15. The molecule has 0 N–H and O–H groups in total. The summed E-state index contributed by atoms with van der Waals surface area (Å²) in [5, 5.41) is 0. The summed E-state index contributed by atoms with van der Waals surface area (Å²) in [5.41, 5.74) is 0. The van der Waals surface area contributed by atoms with Crippen molar-refractivity contribution in [2.75, 3.05) is 13.2 Å². The fourth-order valence-electron chi connectivity index (χ4n) is 7.77. The van der Waals surface area contributed by atoms with Gasteiger partial charge in [-0.2, -0.15) is 0 Å². The summed E-state index contributed by atoms with van der Waals surface area (Å²) in [6.07, 6.45) is 84.7. The zero-order chi connectivity index (χ0) is 52.9. The molecule has 0 rings (SSSR count). The van der Waals surface area contributed by atoms with Crippen LogP contribution in [0.3, 0.4) is 0 Å². The Labute approximate surface area is 449 Å². The third-order valence-electron chi connectivity index (χ3n) is 12.2. The van der Waals surface area contributed by atoms with E-state index in [1.54, 1.807) is 6.08 Å². The molecule has 0 amide bonds. The lowest BCUT2D eigenvalue weighted by atomic mass is 10.0. The van der Waals surface area contributed by atoms with Crippen molar-refractivity contribution in [2.24, 2.45) is 0 Å². The summed E-state index contributed by atoms with van der Waals surface area (Å²) in [4.78, 5) is 38.1. The minimum Gasteiger partial charge on any atom is -0.462 e. The van der Waals surface area contributed by atoms with Crippen molar-refractivity contribution in [1.29, 1.82) is 0 Å². The molecule has 0 saturated heterocycles. The first-order valence-corrected chi connectivity index (χ1v) is 29.7. The molecule has 1 atom stereocenters. The predicted octanol–water partition coefficient (Wildman–Crippen LogP) is 20.2. The maximum absolute atomic E-state index is 12.8. The van der Waals surface area contributed by atoms with Crippen LogP contribution in [-0.4, -0.2) is 37.2 Å². The third-order valence-corrected chi connectivity index (χ3v) is 12.2. The fraction of sp³-hybridized carbons (Fsp3) is 0.627. The third kappa shape index (κ3) is 58.3. The highest BCUT2D eigenvalue weighted by molar-refractivity contribution is 5.72. The Morgan fingerprint density at radius 1 is 0.301 bits per heavy atom. The first-order valence-electron chi connectivity index (χ1n) is 29.7. The van der Waals surface area contributed by atoms with Gasteiger partial charge >= 0.3 is 17.9 Å². The maximum Gasteiger partial charge on any atom is 0.310 e. The van der Waals surface area contributed by atoms with E-state index in [1.165, 1.54) is 89.9 Å². The molecule has 0 bridgehead atoms. The van der Waals surface area contributed by atoms with Crippen molar-refractivity contribution in [2.45, 2.75) is 258 Å². The molecule has 1 unspecified atom stereocenters. The van der Waals surface area contributed by atoms with Gasteiger partial charge in [-0.1, -0.05) is 251 Å². The second kappa shape index (κ2) is 60.1. The molecule has 0 aliphatic heterocycles. The topological polar surface area (TPSA) is 78.9 Å². The van der Waals surface area contributed by atoms with E-state index in [-0.39, 0.29) is 31.6 Å². The molecule has 0 saturated carbocycles. The summed E-state index contributed by atoms with van der Waals surface area (Å²) < 4.78 is 16.8. The lowest BCUT2D eigenvalue weighted by molar-refractivity contribution is -0.166. The van der Waals surface area contributed by atoms with Crippen LogP contribution in [0.4, 0.5) is 0 Å². The van der Waals surface area contributed by atoms with Crippen LogP contribution in [0.2, 0.25) is 0 Å². The minimum atomic E-state index is -0.844. The van der Waals surface area contributed by atoms with E-state index in [1.807, 2.05) is 6.08 Å². The number of allylic oxidation sites excluding steroid dienone is 21. The number of carbonyl (C=O) groups is 3. The van der Waals surface area contributed by atoms with Gasteiger partial charge in [-0.15, -0.1) is 0 Å². The fourth-order valence-corrected chi connectivity index (χ4v) is 7.77. The number of unbranched alkanes of at least 4 members (excludes halogenated alkanes) is 20. The molecule has 0 heterocycles. The van der Waals surface area contributed by atoms with E-state index in [2.05, 4.69) is 142 Å². The van der Waals surface area contributed by atoms with Crippen molar-refractivity contribution in [3.63, 3.8) is 0 Å². The van der Waals surface area contributed by atoms with Gasteiger partial charge < -0.3 is 14.2 Å². The van der Waals surface area contributed by atoms with Crippen LogP contribution in [0, 0.1) is 0 Å². The number of hydrogen-bond donors (Lipinski definition) is 0. The summed E-state index contributed by atoms with van der Waals surface area (Å²) in [5.74, 6) is -1.07. The maximum atomic E-state index is 12.8. The largest absolute Gasteiger partial charge is 0.462 e. The first kappa shape index (κ1) is 68.6. The average Bonchev–Trinajstić information content (AvgIpc) is 3.39. The van der Waals surface area contributed by atoms with Crippen LogP contribution in [0.25, 0.3) is 0 Å². The molecular formula is C67H108O6. The molecule has 0 radical (unpaired) electrons. The lowest BCUT2D eigenvalue weighted by Crippen LogP contribution is -2.30. The Bertz CT molecular complexity index is 1580. The second-order valence-electron chi connectivity index (χ2n) is 19.2. The van der Waals surface area contributed by atoms with E-state index >= 15 is 0 Å². The molecule has 0 aliphatic carbocycles. The van der Waals surface area contributed by atoms with Crippen molar-refractivity contribution < 1.29 is 28.6 Å². The van der Waals surface area contributed by atoms with Gasteiger partial charge in [0.2, 0.25) is 0 Å². The van der Waals surface area contributed by atoms with Gasteiger partial charge in [0.25, 0.3) is 0 Å². The van der Waals surface area contributed by atoms with Crippen molar-refractivity contribution in [1.82, 2.24) is 0 Å². The number of hydrogen-bond acceptors (Lipinski definition) is 6. The van der Waals surface area contributed by atoms with E-state index in [9.17, 15) is 14.4 Å². The van der Waals surface area contributed by atoms with E-state index < -0.39 is 12.1 Å². The van der Waals surface area contributed by atoms with Crippen LogP contribution in [0.15, 0.2) is 134 Å². The van der Waals surface area contributed by atoms with E-state index in [4.69, 9.17) is 14.2 Å². The Morgan fingerprint density at radius 2 is 0.575 bits per heavy atom. The minimum absolute atomic E-state index is 0.0889. The molecule has 73 heavy (non-hydrogen) atoms. The van der Waals surface area contributed by atoms with E-state index in [0.717, 1.165) is 116 Å². The predicted molar refractivity (Wildman–Crippen MR) is 316 cm³/mol. The summed E-state index contributed by atoms with van der Waals surface area (Å²) in [6, 6.07) is 0. The Balaban J connectivity index is 4.42. The van der Waals surface area contributed by atoms with Crippen molar-refractivity contribution in [3.05, 3.63) is 134 Å². The molecule has 0 fully saturated rings. The summed E-state index contributed by atoms with van der Waals surface area (Å²) >= 11 is 0. The molecule has 0 spiro atoms. The highest BCUT2D eigenvalue weighted by atomic mass is 16.6. The van der Waals surface area contributed by atoms with Gasteiger partial charge in [0.1, 0.15) is 13.2 Å². The Morgan fingerprint density at radius 3 is 0.904 bits per heavy atom. The van der Waals surface area contributed by atoms with Crippen molar-refractivity contribution in [3.8, 4) is 0 Å². The first-order chi connectivity index (χ1) is 36.0. The van der Waals surface area contributed by atoms with Gasteiger partial charge in [0.05, 0.1) is 6.42 Å². The molecule has 0 aromatic rings. The zero-order valence-electron chi connectivity index (χ0n) is 47.1. The average molecular weight is 1010 g/mol. The number of rotatable bonds is 52. The molecule has 6 heteroatoms. The standard InChI is InChI=1S/C67H108O6/c1-4-7-10-13-16-19-22-25-28-29-30-31-32-33-34-35-36-37-40-42-45-48-51-54-57-60-66(69)72-63-64(73-67(70)61-58-55-52-49-46-43-39-27-24-21-18-15-12-9-6-3)62-71-65(68)59-56-53-50-47-44-41-38-26-23-20-17-14-11-8-5-2/h7,9-10,12,16-21,25-28,30-31,38-39,46,49,55,58,64H,4-6,8,11,13-15,22-24,29,32-37,40-45,47-48,50-54,56-57,59-63H2,1-3H3/b10-7-,12-9-,19-16-,20-17-,21-18-,28-25-,31-30-,38-26-,39-27-,49-46-,58-55-. The smallest absolute Gasteiger partial charge is 0.310 e. The van der Waals surface area contributed by atoms with Gasteiger partial charge in [0.15, 0.2) is 6.10 Å².